The highest BCUT2D eigenvalue weighted by Gasteiger charge is 2.09. The summed E-state index contributed by atoms with van der Waals surface area (Å²) in [6, 6.07) is 14.2. The number of carbonyl (C=O) groups excluding carboxylic acids is 1. The zero-order valence-electron chi connectivity index (χ0n) is 12.4. The topological polar surface area (TPSA) is 46.5 Å². The number of hydrogen-bond donors (Lipinski definition) is 1. The Bertz CT molecular complexity index is 685. The van der Waals surface area contributed by atoms with Crippen molar-refractivity contribution in [3.63, 3.8) is 0 Å². The lowest BCUT2D eigenvalue weighted by molar-refractivity contribution is 0.104. The summed E-state index contributed by atoms with van der Waals surface area (Å²) in [5, 5.41) is 9.96. The summed E-state index contributed by atoms with van der Waals surface area (Å²) in [5.74, 6) is 0.146. The molecule has 0 amide bonds. The summed E-state index contributed by atoms with van der Waals surface area (Å²) in [4.78, 5) is 12.1. The first-order valence-electron chi connectivity index (χ1n) is 7.13. The summed E-state index contributed by atoms with van der Waals surface area (Å²) >= 11 is 0. The maximum Gasteiger partial charge on any atom is 0.189 e. The van der Waals surface area contributed by atoms with Gasteiger partial charge in [-0.3, -0.25) is 4.79 Å². The molecule has 3 heteroatoms. The maximum absolute atomic E-state index is 12.1. The van der Waals surface area contributed by atoms with E-state index in [0.29, 0.717) is 5.75 Å². The second-order valence-electron chi connectivity index (χ2n) is 4.69. The average molecular weight is 294 g/mol. The van der Waals surface area contributed by atoms with Crippen LogP contribution >= 0.6 is 0 Å². The predicted octanol–water partition coefficient (Wildman–Crippen LogP) is 4.59. The molecule has 0 radical (unpaired) electrons. The summed E-state index contributed by atoms with van der Waals surface area (Å²) in [5.41, 5.74) is 1.18. The Labute approximate surface area is 130 Å². The van der Waals surface area contributed by atoms with Crippen LogP contribution in [0.4, 0.5) is 0 Å². The van der Waals surface area contributed by atoms with Crippen LogP contribution in [0.15, 0.2) is 66.9 Å². The van der Waals surface area contributed by atoms with E-state index in [1.54, 1.807) is 24.5 Å². The molecule has 0 unspecified atom stereocenters. The van der Waals surface area contributed by atoms with Crippen molar-refractivity contribution in [1.29, 1.82) is 0 Å². The van der Waals surface area contributed by atoms with Gasteiger partial charge in [-0.1, -0.05) is 43.3 Å². The van der Waals surface area contributed by atoms with Gasteiger partial charge in [-0.2, -0.15) is 0 Å². The van der Waals surface area contributed by atoms with Crippen molar-refractivity contribution in [1.82, 2.24) is 0 Å². The van der Waals surface area contributed by atoms with Gasteiger partial charge < -0.3 is 9.84 Å². The highest BCUT2D eigenvalue weighted by atomic mass is 16.5. The third kappa shape index (κ3) is 4.35. The van der Waals surface area contributed by atoms with Crippen molar-refractivity contribution in [3.8, 4) is 11.5 Å². The van der Waals surface area contributed by atoms with Crippen LogP contribution in [0.25, 0.3) is 6.08 Å². The van der Waals surface area contributed by atoms with Crippen LogP contribution in [0.1, 0.15) is 29.3 Å². The fourth-order valence-electron chi connectivity index (χ4n) is 1.84. The zero-order valence-corrected chi connectivity index (χ0v) is 12.4. The lowest BCUT2D eigenvalue weighted by atomic mass is 10.1. The number of phenols is 1. The van der Waals surface area contributed by atoms with Crippen molar-refractivity contribution in [2.24, 2.45) is 0 Å². The van der Waals surface area contributed by atoms with Crippen LogP contribution in [0.2, 0.25) is 0 Å². The van der Waals surface area contributed by atoms with Crippen molar-refractivity contribution < 1.29 is 14.6 Å². The van der Waals surface area contributed by atoms with Gasteiger partial charge in [-0.25, -0.2) is 0 Å². The number of carbonyl (C=O) groups is 1. The smallest absolute Gasteiger partial charge is 0.189 e. The van der Waals surface area contributed by atoms with Crippen LogP contribution in [0.5, 0.6) is 11.5 Å². The monoisotopic (exact) mass is 294 g/mol. The highest BCUT2D eigenvalue weighted by molar-refractivity contribution is 6.08. The van der Waals surface area contributed by atoms with Crippen LogP contribution in [0, 0.1) is 0 Å². The van der Waals surface area contributed by atoms with E-state index in [4.69, 9.17) is 4.74 Å². The molecule has 0 saturated carbocycles. The molecular weight excluding hydrogens is 276 g/mol. The van der Waals surface area contributed by atoms with Crippen LogP contribution < -0.4 is 4.74 Å². The second kappa shape index (κ2) is 7.84. The van der Waals surface area contributed by atoms with E-state index >= 15 is 0 Å². The summed E-state index contributed by atoms with van der Waals surface area (Å²) < 4.78 is 5.32. The van der Waals surface area contributed by atoms with Crippen molar-refractivity contribution in [2.45, 2.75) is 13.3 Å². The van der Waals surface area contributed by atoms with E-state index in [9.17, 15) is 9.90 Å². The van der Waals surface area contributed by atoms with Gasteiger partial charge >= 0.3 is 0 Å². The van der Waals surface area contributed by atoms with E-state index in [2.05, 4.69) is 0 Å². The molecule has 3 nitrogen and oxygen atoms in total. The minimum Gasteiger partial charge on any atom is -0.507 e. The molecule has 2 aromatic carbocycles. The molecule has 1 N–H and O–H groups in total. The van der Waals surface area contributed by atoms with Crippen molar-refractivity contribution >= 4 is 11.9 Å². The van der Waals surface area contributed by atoms with E-state index in [0.717, 1.165) is 12.0 Å². The van der Waals surface area contributed by atoms with Gasteiger partial charge in [0.1, 0.15) is 11.5 Å². The molecule has 0 aromatic heterocycles. The molecule has 2 aromatic rings. The Balaban J connectivity index is 2.10. The Morgan fingerprint density at radius 3 is 2.64 bits per heavy atom. The second-order valence-corrected chi connectivity index (χ2v) is 4.69. The summed E-state index contributed by atoms with van der Waals surface area (Å²) in [6.45, 7) is 2.00. The number of ketones is 1. The fraction of sp³-hybridized carbons (Fsp3) is 0.105. The number of benzene rings is 2. The SMILES string of the molecule is CCC=COc1ccc(C(=O)C=Cc2ccccc2)c(O)c1. The molecule has 22 heavy (non-hydrogen) atoms. The predicted molar refractivity (Wildman–Crippen MR) is 88.0 cm³/mol. The van der Waals surface area contributed by atoms with Crippen LogP contribution in [-0.2, 0) is 0 Å². The number of rotatable bonds is 6. The lowest BCUT2D eigenvalue weighted by Crippen LogP contribution is -1.95. The third-order valence-electron chi connectivity index (χ3n) is 3.00. The average Bonchev–Trinajstić information content (AvgIpc) is 2.54. The minimum absolute atomic E-state index is 0.0925. The standard InChI is InChI=1S/C19H18O3/c1-2-3-13-22-16-10-11-17(19(21)14-16)18(20)12-9-15-7-5-4-6-8-15/h3-14,21H,2H2,1H3. The molecule has 0 atom stereocenters. The van der Waals surface area contributed by atoms with Gasteiger partial charge in [0, 0.05) is 6.07 Å². The van der Waals surface area contributed by atoms with E-state index in [-0.39, 0.29) is 17.1 Å². The lowest BCUT2D eigenvalue weighted by Gasteiger charge is -2.04. The normalized spacial score (nSPS) is 11.1. The van der Waals surface area contributed by atoms with Crippen molar-refractivity contribution in [2.75, 3.05) is 0 Å². The molecule has 0 aliphatic rings. The van der Waals surface area contributed by atoms with Gasteiger partial charge in [0.05, 0.1) is 11.8 Å². The van der Waals surface area contributed by atoms with E-state index in [1.165, 1.54) is 12.1 Å². The number of phenolic OH excluding ortho intramolecular Hbond substituents is 1. The molecule has 0 saturated heterocycles. The van der Waals surface area contributed by atoms with Gasteiger partial charge in [-0.15, -0.1) is 0 Å². The summed E-state index contributed by atoms with van der Waals surface area (Å²) in [6.07, 6.45) is 7.45. The van der Waals surface area contributed by atoms with Crippen LogP contribution in [-0.4, -0.2) is 10.9 Å². The molecule has 2 rings (SSSR count). The molecular formula is C19H18O3. The first-order chi connectivity index (χ1) is 10.7. The van der Waals surface area contributed by atoms with E-state index < -0.39 is 0 Å². The molecule has 0 bridgehead atoms. The number of hydrogen-bond acceptors (Lipinski definition) is 3. The first-order valence-corrected chi connectivity index (χ1v) is 7.13. The van der Waals surface area contributed by atoms with Gasteiger partial charge in [0.25, 0.3) is 0 Å². The molecule has 0 aliphatic carbocycles. The Hall–Kier alpha value is -2.81. The quantitative estimate of drug-likeness (QED) is 0.481. The molecule has 0 spiro atoms. The largest absolute Gasteiger partial charge is 0.507 e. The molecule has 0 aliphatic heterocycles. The Morgan fingerprint density at radius 2 is 1.95 bits per heavy atom. The molecule has 0 fully saturated rings. The Morgan fingerprint density at radius 1 is 1.18 bits per heavy atom. The van der Waals surface area contributed by atoms with Crippen LogP contribution in [0.3, 0.4) is 0 Å². The third-order valence-corrected chi connectivity index (χ3v) is 3.00. The highest BCUT2D eigenvalue weighted by Crippen LogP contribution is 2.24. The number of allylic oxidation sites excluding steroid dienone is 2. The minimum atomic E-state index is -0.253. The summed E-state index contributed by atoms with van der Waals surface area (Å²) in [7, 11) is 0. The van der Waals surface area contributed by atoms with Gasteiger partial charge in [0.15, 0.2) is 5.78 Å². The first kappa shape index (κ1) is 15.6. The molecule has 0 heterocycles. The Kier molecular flexibility index (Phi) is 5.55. The maximum atomic E-state index is 12.1. The number of ether oxygens (including phenoxy) is 1. The van der Waals surface area contributed by atoms with E-state index in [1.807, 2.05) is 43.3 Å². The number of aromatic hydroxyl groups is 1. The fourth-order valence-corrected chi connectivity index (χ4v) is 1.84. The van der Waals surface area contributed by atoms with Gasteiger partial charge in [0.2, 0.25) is 0 Å². The molecule has 112 valence electrons. The zero-order chi connectivity index (χ0) is 15.8. The van der Waals surface area contributed by atoms with Gasteiger partial charge in [-0.05, 0) is 36.3 Å². The van der Waals surface area contributed by atoms with Crippen molar-refractivity contribution in [3.05, 3.63) is 78.1 Å².